The van der Waals surface area contributed by atoms with Gasteiger partial charge in [-0.1, -0.05) is 56.2 Å². The van der Waals surface area contributed by atoms with Crippen molar-refractivity contribution < 1.29 is 42.9 Å². The van der Waals surface area contributed by atoms with Crippen LogP contribution in [0.1, 0.15) is 89.5 Å². The molecular weight excluding hydrogens is 747 g/mol. The molecule has 4 aromatic rings. The quantitative estimate of drug-likeness (QED) is 0.0145. The number of carbonyl (C=O) groups is 4. The van der Waals surface area contributed by atoms with Crippen molar-refractivity contribution in [2.75, 3.05) is 13.2 Å². The molecule has 1 fully saturated rings. The first-order chi connectivity index (χ1) is 27.9. The van der Waals surface area contributed by atoms with Crippen LogP contribution in [0, 0.1) is 11.8 Å². The highest BCUT2D eigenvalue weighted by Gasteiger charge is 2.32. The van der Waals surface area contributed by atoms with Crippen LogP contribution in [0.25, 0.3) is 10.2 Å². The number of hydrogen-bond donors (Lipinski definition) is 0. The fourth-order valence-electron chi connectivity index (χ4n) is 6.54. The van der Waals surface area contributed by atoms with Crippen molar-refractivity contribution in [3.8, 4) is 23.0 Å². The van der Waals surface area contributed by atoms with E-state index in [4.69, 9.17) is 23.7 Å². The Hall–Kier alpha value is -5.56. The molecule has 3 aromatic carbocycles. The van der Waals surface area contributed by atoms with Crippen molar-refractivity contribution in [2.24, 2.45) is 22.0 Å². The van der Waals surface area contributed by atoms with E-state index in [2.05, 4.69) is 40.4 Å². The number of esters is 3. The fraction of sp³-hybridized carbons (Fsp3) is 0.409. The number of rotatable bonds is 22. The summed E-state index contributed by atoms with van der Waals surface area (Å²) in [6.45, 7) is 7.67. The standard InChI is InChI=1S/C44H51N3O9S/c1-3-5-6-11-26-47-38-14-9-10-15-40(38)57-44(47)46-45-30-34-29-37(54-31-48)24-25-39(34)56-43(51)33-18-16-32(17-19-33)42(50)55-36-22-20-35(21-23-36)52-27-12-7-8-13-28-53-41(49)4-2/h4,9-10,14-15,20-25,29-33H,2-3,5-8,11-13,16-19,26-28H2,1H3/b45-30+,46-44-/t32-,33-. The van der Waals surface area contributed by atoms with E-state index in [1.807, 2.05) is 12.1 Å². The summed E-state index contributed by atoms with van der Waals surface area (Å²) in [7, 11) is 0. The molecule has 5 rings (SSSR count). The third kappa shape index (κ3) is 13.3. The largest absolute Gasteiger partial charge is 0.494 e. The summed E-state index contributed by atoms with van der Waals surface area (Å²) in [4.78, 5) is 49.3. The molecule has 0 radical (unpaired) electrons. The van der Waals surface area contributed by atoms with Gasteiger partial charge in [0.2, 0.25) is 4.80 Å². The third-order valence-corrected chi connectivity index (χ3v) is 10.7. The van der Waals surface area contributed by atoms with E-state index in [9.17, 15) is 19.2 Å². The number of benzene rings is 3. The third-order valence-electron chi connectivity index (χ3n) is 9.69. The van der Waals surface area contributed by atoms with E-state index in [1.165, 1.54) is 12.6 Å². The monoisotopic (exact) mass is 797 g/mol. The lowest BCUT2D eigenvalue weighted by atomic mass is 9.82. The summed E-state index contributed by atoms with van der Waals surface area (Å²) in [6, 6.07) is 19.8. The van der Waals surface area contributed by atoms with Gasteiger partial charge >= 0.3 is 17.9 Å². The molecule has 0 spiro atoms. The van der Waals surface area contributed by atoms with Crippen LogP contribution in [-0.2, 0) is 30.5 Å². The van der Waals surface area contributed by atoms with E-state index in [1.54, 1.807) is 53.8 Å². The Labute approximate surface area is 337 Å². The second-order valence-electron chi connectivity index (χ2n) is 13.8. The number of nitrogens with zero attached hydrogens (tertiary/aromatic N) is 3. The van der Waals surface area contributed by atoms with E-state index in [0.29, 0.717) is 62.4 Å². The summed E-state index contributed by atoms with van der Waals surface area (Å²) in [6.07, 6.45) is 12.6. The first kappa shape index (κ1) is 42.6. The van der Waals surface area contributed by atoms with Crippen LogP contribution in [0.15, 0.2) is 89.6 Å². The lowest BCUT2D eigenvalue weighted by Gasteiger charge is -2.26. The van der Waals surface area contributed by atoms with Crippen LogP contribution in [0.3, 0.4) is 0 Å². The second kappa shape index (κ2) is 22.9. The van der Waals surface area contributed by atoms with Crippen molar-refractivity contribution in [3.63, 3.8) is 0 Å². The zero-order chi connectivity index (χ0) is 40.2. The van der Waals surface area contributed by atoms with Crippen molar-refractivity contribution in [1.82, 2.24) is 4.57 Å². The zero-order valence-electron chi connectivity index (χ0n) is 32.5. The van der Waals surface area contributed by atoms with Crippen LogP contribution < -0.4 is 23.7 Å². The number of unbranched alkanes of at least 4 members (excludes halogenated alkanes) is 6. The molecule has 1 saturated carbocycles. The molecule has 1 aromatic heterocycles. The minimum absolute atomic E-state index is 0.263. The normalized spacial score (nSPS) is 15.6. The number of para-hydroxylation sites is 1. The highest BCUT2D eigenvalue weighted by atomic mass is 32.1. The molecule has 1 aliphatic rings. The summed E-state index contributed by atoms with van der Waals surface area (Å²) in [5, 5.41) is 8.93. The van der Waals surface area contributed by atoms with Gasteiger partial charge in [0.1, 0.15) is 23.0 Å². The van der Waals surface area contributed by atoms with Gasteiger partial charge in [0.25, 0.3) is 6.47 Å². The van der Waals surface area contributed by atoms with Gasteiger partial charge in [0.15, 0.2) is 0 Å². The lowest BCUT2D eigenvalue weighted by Crippen LogP contribution is -2.30. The molecule has 0 amide bonds. The van der Waals surface area contributed by atoms with Crippen molar-refractivity contribution in [1.29, 1.82) is 0 Å². The minimum atomic E-state index is -0.406. The molecule has 13 heteroatoms. The Morgan fingerprint density at radius 3 is 2.19 bits per heavy atom. The highest BCUT2D eigenvalue weighted by molar-refractivity contribution is 7.16. The van der Waals surface area contributed by atoms with Crippen LogP contribution in [0.5, 0.6) is 23.0 Å². The topological polar surface area (TPSA) is 144 Å². The van der Waals surface area contributed by atoms with Crippen LogP contribution in [-0.4, -0.2) is 48.4 Å². The average Bonchev–Trinajstić information content (AvgIpc) is 3.58. The lowest BCUT2D eigenvalue weighted by molar-refractivity contribution is -0.145. The number of ether oxygens (including phenoxy) is 5. The van der Waals surface area contributed by atoms with Gasteiger partial charge < -0.3 is 28.3 Å². The predicted molar refractivity (Wildman–Crippen MR) is 219 cm³/mol. The van der Waals surface area contributed by atoms with Crippen LogP contribution in [0.2, 0.25) is 0 Å². The SMILES string of the molecule is C=CC(=O)OCCCCCCOc1ccc(OC(=O)[C@H]2CC[C@H](C(=O)Oc3ccc(OC=O)cc3/C=N/N=c3\sc4ccccc4n3CCCCCC)CC2)cc1. The maximum Gasteiger partial charge on any atom is 0.330 e. The summed E-state index contributed by atoms with van der Waals surface area (Å²) in [5.74, 6) is -0.225. The number of fused-ring (bicyclic) bond motifs is 1. The van der Waals surface area contributed by atoms with Crippen molar-refractivity contribution >= 4 is 52.1 Å². The van der Waals surface area contributed by atoms with Gasteiger partial charge in [-0.15, -0.1) is 5.10 Å². The maximum absolute atomic E-state index is 13.4. The Bertz CT molecular complexity index is 2050. The summed E-state index contributed by atoms with van der Waals surface area (Å²) in [5.41, 5.74) is 1.53. The van der Waals surface area contributed by atoms with Gasteiger partial charge in [-0.3, -0.25) is 14.4 Å². The molecule has 0 atom stereocenters. The Morgan fingerprint density at radius 1 is 0.807 bits per heavy atom. The highest BCUT2D eigenvalue weighted by Crippen LogP contribution is 2.33. The number of aromatic nitrogens is 1. The first-order valence-electron chi connectivity index (χ1n) is 19.7. The molecule has 0 aliphatic heterocycles. The smallest absolute Gasteiger partial charge is 0.330 e. The van der Waals surface area contributed by atoms with Gasteiger partial charge in [0.05, 0.1) is 41.5 Å². The molecule has 12 nitrogen and oxygen atoms in total. The molecule has 57 heavy (non-hydrogen) atoms. The van der Waals surface area contributed by atoms with Gasteiger partial charge in [0, 0.05) is 18.2 Å². The van der Waals surface area contributed by atoms with Gasteiger partial charge in [-0.25, -0.2) is 4.79 Å². The number of hydrogen-bond acceptors (Lipinski definition) is 12. The van der Waals surface area contributed by atoms with Crippen LogP contribution in [0.4, 0.5) is 0 Å². The summed E-state index contributed by atoms with van der Waals surface area (Å²) < 4.78 is 30.7. The number of carbonyl (C=O) groups excluding carboxylic acids is 4. The molecule has 1 heterocycles. The van der Waals surface area contributed by atoms with Gasteiger partial charge in [-0.05, 0) is 112 Å². The number of thiazole rings is 1. The Kier molecular flexibility index (Phi) is 17.1. The minimum Gasteiger partial charge on any atom is -0.494 e. The van der Waals surface area contributed by atoms with E-state index >= 15 is 0 Å². The fourth-order valence-corrected chi connectivity index (χ4v) is 7.55. The van der Waals surface area contributed by atoms with E-state index in [0.717, 1.165) is 72.6 Å². The van der Waals surface area contributed by atoms with Crippen LogP contribution >= 0.6 is 11.3 Å². The molecule has 1 aliphatic carbocycles. The zero-order valence-corrected chi connectivity index (χ0v) is 33.3. The molecule has 302 valence electrons. The van der Waals surface area contributed by atoms with Crippen molar-refractivity contribution in [3.05, 3.63) is 89.7 Å². The van der Waals surface area contributed by atoms with Crippen molar-refractivity contribution in [2.45, 2.75) is 90.5 Å². The van der Waals surface area contributed by atoms with E-state index in [-0.39, 0.29) is 23.4 Å². The average molecular weight is 798 g/mol. The van der Waals surface area contributed by atoms with Gasteiger partial charge in [-0.2, -0.15) is 5.10 Å². The maximum atomic E-state index is 13.4. The molecule has 0 bridgehead atoms. The first-order valence-corrected chi connectivity index (χ1v) is 20.5. The Balaban J connectivity index is 1.11. The molecule has 0 N–H and O–H groups in total. The summed E-state index contributed by atoms with van der Waals surface area (Å²) >= 11 is 1.55. The Morgan fingerprint density at radius 2 is 1.47 bits per heavy atom. The van der Waals surface area contributed by atoms with E-state index < -0.39 is 17.9 Å². The number of aryl methyl sites for hydroxylation is 1. The second-order valence-corrected chi connectivity index (χ2v) is 14.8. The molecule has 0 saturated heterocycles. The molecular formula is C44H51N3O9S. The molecule has 0 unspecified atom stereocenters. The predicted octanol–water partition coefficient (Wildman–Crippen LogP) is 8.74.